The number of rotatable bonds is 8. The normalized spacial score (nSPS) is 14.1. The van der Waals surface area contributed by atoms with Gasteiger partial charge in [-0.2, -0.15) is 5.10 Å². The zero-order valence-corrected chi connectivity index (χ0v) is 20.7. The molecule has 0 bridgehead atoms. The van der Waals surface area contributed by atoms with Crippen LogP contribution in [-0.4, -0.2) is 76.7 Å². The van der Waals surface area contributed by atoms with Gasteiger partial charge in [-0.3, -0.25) is 14.3 Å². The van der Waals surface area contributed by atoms with Crippen molar-refractivity contribution in [2.24, 2.45) is 0 Å². The van der Waals surface area contributed by atoms with Crippen molar-refractivity contribution in [2.45, 2.75) is 25.4 Å². The van der Waals surface area contributed by atoms with Crippen molar-refractivity contribution in [3.63, 3.8) is 0 Å². The summed E-state index contributed by atoms with van der Waals surface area (Å²) in [6.45, 7) is 1.63. The summed E-state index contributed by atoms with van der Waals surface area (Å²) >= 11 is 0. The molecule has 0 atom stereocenters. The number of para-hydroxylation sites is 1. The number of nitrogens with zero attached hydrogens (tertiary/aromatic N) is 5. The summed E-state index contributed by atoms with van der Waals surface area (Å²) in [4.78, 5) is 33.0. The molecule has 4 rings (SSSR count). The van der Waals surface area contributed by atoms with Crippen molar-refractivity contribution in [2.75, 3.05) is 44.9 Å². The van der Waals surface area contributed by atoms with Crippen LogP contribution in [0.5, 0.6) is 0 Å². The minimum Gasteiger partial charge on any atom is -0.355 e. The van der Waals surface area contributed by atoms with Gasteiger partial charge in [-0.1, -0.05) is 12.1 Å². The minimum absolute atomic E-state index is 0.0306. The lowest BCUT2D eigenvalue weighted by Gasteiger charge is -2.35. The topological polar surface area (TPSA) is 107 Å². The van der Waals surface area contributed by atoms with Crippen molar-refractivity contribution < 1.29 is 14.0 Å². The van der Waals surface area contributed by atoms with E-state index in [0.717, 1.165) is 32.1 Å². The first-order chi connectivity index (χ1) is 17.3. The summed E-state index contributed by atoms with van der Waals surface area (Å²) < 4.78 is 16.1. The van der Waals surface area contributed by atoms with Crippen LogP contribution in [0.15, 0.2) is 48.9 Å². The highest BCUT2D eigenvalue weighted by molar-refractivity contribution is 6.00. The van der Waals surface area contributed by atoms with Crippen LogP contribution < -0.4 is 16.0 Å². The van der Waals surface area contributed by atoms with Crippen molar-refractivity contribution in [3.05, 3.63) is 60.3 Å². The van der Waals surface area contributed by atoms with Gasteiger partial charge in [0.15, 0.2) is 5.82 Å². The van der Waals surface area contributed by atoms with E-state index >= 15 is 0 Å². The molecule has 1 aliphatic heterocycles. The predicted octanol–water partition coefficient (Wildman–Crippen LogP) is 2.82. The Hall–Kier alpha value is -3.99. The minimum atomic E-state index is -0.563. The third kappa shape index (κ3) is 5.98. The Kier molecular flexibility index (Phi) is 7.79. The van der Waals surface area contributed by atoms with Gasteiger partial charge in [0.1, 0.15) is 12.4 Å². The summed E-state index contributed by atoms with van der Waals surface area (Å²) in [5.74, 6) is -0.433. The molecule has 0 radical (unpaired) electrons. The molecule has 10 nitrogen and oxygen atoms in total. The number of pyridine rings is 1. The molecular formula is C25H31FN8O2. The highest BCUT2D eigenvalue weighted by atomic mass is 19.1. The van der Waals surface area contributed by atoms with Gasteiger partial charge in [0.2, 0.25) is 5.91 Å². The Morgan fingerprint density at radius 2 is 1.86 bits per heavy atom. The quantitative estimate of drug-likeness (QED) is 0.442. The van der Waals surface area contributed by atoms with Crippen LogP contribution in [0, 0.1) is 5.82 Å². The number of anilines is 4. The zero-order chi connectivity index (χ0) is 25.7. The molecule has 1 aromatic carbocycles. The van der Waals surface area contributed by atoms with E-state index in [4.69, 9.17) is 0 Å². The monoisotopic (exact) mass is 494 g/mol. The van der Waals surface area contributed by atoms with Crippen LogP contribution in [0.1, 0.15) is 23.2 Å². The van der Waals surface area contributed by atoms with E-state index in [-0.39, 0.29) is 24.0 Å². The number of nitrogens with one attached hydrogen (secondary N) is 3. The van der Waals surface area contributed by atoms with E-state index in [9.17, 15) is 14.0 Å². The van der Waals surface area contributed by atoms with Gasteiger partial charge in [-0.15, -0.1) is 0 Å². The average Bonchev–Trinajstić information content (AvgIpc) is 3.32. The second-order valence-electron chi connectivity index (χ2n) is 8.93. The molecule has 2 amide bonds. The van der Waals surface area contributed by atoms with E-state index in [1.807, 2.05) is 4.90 Å². The van der Waals surface area contributed by atoms with Gasteiger partial charge in [0.25, 0.3) is 5.91 Å². The summed E-state index contributed by atoms with van der Waals surface area (Å²) in [5.41, 5.74) is 1.63. The molecule has 190 valence electrons. The molecule has 11 heteroatoms. The number of hydrogen-bond donors (Lipinski definition) is 3. The molecule has 3 aromatic rings. The summed E-state index contributed by atoms with van der Waals surface area (Å²) in [6.07, 6.45) is 6.32. The average molecular weight is 495 g/mol. The fourth-order valence-corrected chi connectivity index (χ4v) is 4.21. The number of carbonyl (C=O) groups is 2. The van der Waals surface area contributed by atoms with E-state index in [1.165, 1.54) is 13.1 Å². The molecule has 0 aliphatic carbocycles. The number of halogens is 1. The largest absolute Gasteiger partial charge is 0.355 e. The number of aromatic nitrogens is 3. The second kappa shape index (κ2) is 11.2. The number of carbonyl (C=O) groups excluding carboxylic acids is 2. The number of hydrogen-bond acceptors (Lipinski definition) is 7. The molecule has 0 spiro atoms. The molecule has 1 fully saturated rings. The molecular weight excluding hydrogens is 463 g/mol. The fraction of sp³-hybridized carbons (Fsp3) is 0.360. The molecule has 1 aliphatic rings. The highest BCUT2D eigenvalue weighted by Gasteiger charge is 2.24. The number of piperidine rings is 1. The van der Waals surface area contributed by atoms with Gasteiger partial charge in [-0.25, -0.2) is 9.37 Å². The predicted molar refractivity (Wildman–Crippen MR) is 136 cm³/mol. The third-order valence-corrected chi connectivity index (χ3v) is 6.27. The second-order valence-corrected chi connectivity index (χ2v) is 8.93. The summed E-state index contributed by atoms with van der Waals surface area (Å²) in [7, 11) is 5.67. The Morgan fingerprint density at radius 1 is 1.11 bits per heavy atom. The van der Waals surface area contributed by atoms with Crippen LogP contribution in [0.3, 0.4) is 0 Å². The van der Waals surface area contributed by atoms with Gasteiger partial charge in [0, 0.05) is 38.4 Å². The van der Waals surface area contributed by atoms with Gasteiger partial charge < -0.3 is 25.8 Å². The van der Waals surface area contributed by atoms with E-state index in [1.54, 1.807) is 41.3 Å². The fourth-order valence-electron chi connectivity index (χ4n) is 4.21. The van der Waals surface area contributed by atoms with Crippen LogP contribution in [0.25, 0.3) is 0 Å². The lowest BCUT2D eigenvalue weighted by atomic mass is 10.0. The van der Waals surface area contributed by atoms with E-state index < -0.39 is 5.82 Å². The maximum absolute atomic E-state index is 14.5. The van der Waals surface area contributed by atoms with E-state index in [0.29, 0.717) is 28.8 Å². The number of likely N-dealkylation sites (tertiary alicyclic amines) is 1. The van der Waals surface area contributed by atoms with Crippen LogP contribution in [0.2, 0.25) is 0 Å². The van der Waals surface area contributed by atoms with Crippen LogP contribution in [0.4, 0.5) is 27.3 Å². The highest BCUT2D eigenvalue weighted by Crippen LogP contribution is 2.26. The zero-order valence-electron chi connectivity index (χ0n) is 20.7. The van der Waals surface area contributed by atoms with Crippen molar-refractivity contribution in [3.8, 4) is 0 Å². The van der Waals surface area contributed by atoms with Gasteiger partial charge in [-0.05, 0) is 39.1 Å². The Bertz CT molecular complexity index is 1220. The van der Waals surface area contributed by atoms with Crippen molar-refractivity contribution in [1.29, 1.82) is 0 Å². The SMILES string of the molecule is CNC(=O)c1ccccc1Nc1cc(Nc2cnn(CC(=O)N3CCC(N(C)C)CC3)c2)ncc1F. The first kappa shape index (κ1) is 25.1. The maximum atomic E-state index is 14.5. The summed E-state index contributed by atoms with van der Waals surface area (Å²) in [6, 6.07) is 8.86. The van der Waals surface area contributed by atoms with Crippen molar-refractivity contribution >= 4 is 34.7 Å². The number of amides is 2. The van der Waals surface area contributed by atoms with Gasteiger partial charge in [0.05, 0.1) is 35.0 Å². The Morgan fingerprint density at radius 3 is 2.58 bits per heavy atom. The molecule has 1 saturated heterocycles. The lowest BCUT2D eigenvalue weighted by Crippen LogP contribution is -2.45. The molecule has 0 unspecified atom stereocenters. The smallest absolute Gasteiger partial charge is 0.253 e. The Labute approximate surface area is 209 Å². The lowest BCUT2D eigenvalue weighted by molar-refractivity contribution is -0.133. The Balaban J connectivity index is 1.39. The first-order valence-corrected chi connectivity index (χ1v) is 11.8. The van der Waals surface area contributed by atoms with E-state index in [2.05, 4.69) is 45.0 Å². The number of benzene rings is 1. The molecule has 3 N–H and O–H groups in total. The summed E-state index contributed by atoms with van der Waals surface area (Å²) in [5, 5.41) is 12.9. The van der Waals surface area contributed by atoms with Gasteiger partial charge >= 0.3 is 0 Å². The standard InChI is InChI=1S/C25H31FN8O2/c1-27-25(36)19-6-4-5-7-21(19)31-22-12-23(28-14-20(22)26)30-17-13-29-34(15-17)16-24(35)33-10-8-18(9-11-33)32(2)3/h4-7,12-15,18H,8-11,16H2,1-3H3,(H,27,36)(H2,28,30,31). The molecule has 0 saturated carbocycles. The molecule has 2 aromatic heterocycles. The third-order valence-electron chi connectivity index (χ3n) is 6.27. The molecule has 36 heavy (non-hydrogen) atoms. The maximum Gasteiger partial charge on any atom is 0.253 e. The first-order valence-electron chi connectivity index (χ1n) is 11.8. The van der Waals surface area contributed by atoms with Crippen LogP contribution >= 0.6 is 0 Å². The van der Waals surface area contributed by atoms with Crippen LogP contribution in [-0.2, 0) is 11.3 Å². The van der Waals surface area contributed by atoms with Crippen molar-refractivity contribution in [1.82, 2.24) is 29.9 Å². The molecule has 3 heterocycles.